The number of carbonyl (C=O) groups excluding carboxylic acids is 2. The number of hydrogen-bond acceptors (Lipinski definition) is 4. The fourth-order valence-electron chi connectivity index (χ4n) is 1.76. The molecule has 17 heavy (non-hydrogen) atoms. The molecule has 1 aliphatic rings. The molecule has 3 N–H and O–H groups in total. The Labute approximate surface area is 98.4 Å². The van der Waals surface area contributed by atoms with Crippen LogP contribution in [0.25, 0.3) is 0 Å². The zero-order valence-electron chi connectivity index (χ0n) is 9.40. The summed E-state index contributed by atoms with van der Waals surface area (Å²) >= 11 is 0. The fourth-order valence-corrected chi connectivity index (χ4v) is 1.76. The van der Waals surface area contributed by atoms with Gasteiger partial charge in [-0.15, -0.1) is 0 Å². The Bertz CT molecular complexity index is 379. The summed E-state index contributed by atoms with van der Waals surface area (Å²) in [5, 5.41) is 12.0. The van der Waals surface area contributed by atoms with E-state index >= 15 is 0 Å². The highest BCUT2D eigenvalue weighted by molar-refractivity contribution is 5.83. The van der Waals surface area contributed by atoms with Crippen molar-refractivity contribution in [2.24, 2.45) is 5.92 Å². The van der Waals surface area contributed by atoms with Crippen LogP contribution in [-0.2, 0) is 16.0 Å². The summed E-state index contributed by atoms with van der Waals surface area (Å²) < 4.78 is 0. The number of carbonyl (C=O) groups is 2. The summed E-state index contributed by atoms with van der Waals surface area (Å²) in [7, 11) is 0. The summed E-state index contributed by atoms with van der Waals surface area (Å²) in [4.78, 5) is 26.6. The predicted molar refractivity (Wildman–Crippen MR) is 58.8 cm³/mol. The highest BCUT2D eigenvalue weighted by Crippen LogP contribution is 2.10. The topological polar surface area (TPSA) is 99.8 Å². The highest BCUT2D eigenvalue weighted by atomic mass is 16.2. The first-order valence-electron chi connectivity index (χ1n) is 5.64. The summed E-state index contributed by atoms with van der Waals surface area (Å²) in [5.74, 6) is 0.657. The van der Waals surface area contributed by atoms with Crippen LogP contribution in [0.15, 0.2) is 6.33 Å². The SMILES string of the molecule is O=C1CCC(C(=O)NCCc2ncn[nH]2)CN1. The van der Waals surface area contributed by atoms with E-state index in [1.54, 1.807) is 0 Å². The van der Waals surface area contributed by atoms with E-state index in [4.69, 9.17) is 0 Å². The van der Waals surface area contributed by atoms with Gasteiger partial charge in [0, 0.05) is 25.9 Å². The standard InChI is InChI=1S/C10H15N5O2/c16-9-2-1-7(5-12-9)10(17)11-4-3-8-13-6-14-15-8/h6-7H,1-5H2,(H,11,17)(H,12,16)(H,13,14,15). The molecule has 0 aliphatic carbocycles. The quantitative estimate of drug-likeness (QED) is 0.624. The van der Waals surface area contributed by atoms with E-state index in [0.717, 1.165) is 5.82 Å². The second-order valence-corrected chi connectivity index (χ2v) is 4.01. The van der Waals surface area contributed by atoms with Gasteiger partial charge in [-0.3, -0.25) is 14.7 Å². The molecule has 1 unspecified atom stereocenters. The Balaban J connectivity index is 1.68. The summed E-state index contributed by atoms with van der Waals surface area (Å²) in [6, 6.07) is 0. The molecule has 2 heterocycles. The fraction of sp³-hybridized carbons (Fsp3) is 0.600. The minimum Gasteiger partial charge on any atom is -0.355 e. The summed E-state index contributed by atoms with van der Waals surface area (Å²) in [5.41, 5.74) is 0. The molecule has 0 radical (unpaired) electrons. The molecule has 1 atom stereocenters. The van der Waals surface area contributed by atoms with Gasteiger partial charge in [0.15, 0.2) is 0 Å². The molecule has 1 aromatic heterocycles. The van der Waals surface area contributed by atoms with Crippen LogP contribution in [0.2, 0.25) is 0 Å². The third-order valence-electron chi connectivity index (χ3n) is 2.76. The second-order valence-electron chi connectivity index (χ2n) is 4.01. The van der Waals surface area contributed by atoms with Crippen molar-refractivity contribution < 1.29 is 9.59 Å². The van der Waals surface area contributed by atoms with Gasteiger partial charge in [0.25, 0.3) is 0 Å². The van der Waals surface area contributed by atoms with Crippen molar-refractivity contribution in [1.29, 1.82) is 0 Å². The van der Waals surface area contributed by atoms with Crippen LogP contribution in [0, 0.1) is 5.92 Å². The first-order chi connectivity index (χ1) is 8.25. The first-order valence-corrected chi connectivity index (χ1v) is 5.64. The van der Waals surface area contributed by atoms with Crippen molar-refractivity contribution in [3.05, 3.63) is 12.2 Å². The number of piperidine rings is 1. The largest absolute Gasteiger partial charge is 0.355 e. The minimum atomic E-state index is -0.109. The molecule has 2 rings (SSSR count). The first kappa shape index (κ1) is 11.6. The molecule has 1 saturated heterocycles. The van der Waals surface area contributed by atoms with Crippen LogP contribution in [0.5, 0.6) is 0 Å². The van der Waals surface area contributed by atoms with Crippen LogP contribution >= 0.6 is 0 Å². The molecule has 7 nitrogen and oxygen atoms in total. The van der Waals surface area contributed by atoms with Gasteiger partial charge in [-0.05, 0) is 6.42 Å². The maximum Gasteiger partial charge on any atom is 0.224 e. The molecule has 0 bridgehead atoms. The van der Waals surface area contributed by atoms with Crippen molar-refractivity contribution in [3.8, 4) is 0 Å². The molecule has 0 aromatic carbocycles. The van der Waals surface area contributed by atoms with E-state index in [2.05, 4.69) is 25.8 Å². The van der Waals surface area contributed by atoms with Crippen molar-refractivity contribution in [2.45, 2.75) is 19.3 Å². The molecule has 1 fully saturated rings. The van der Waals surface area contributed by atoms with Crippen molar-refractivity contribution in [3.63, 3.8) is 0 Å². The molecule has 1 aromatic rings. The van der Waals surface area contributed by atoms with E-state index in [1.165, 1.54) is 6.33 Å². The molecular formula is C10H15N5O2. The van der Waals surface area contributed by atoms with Crippen LogP contribution in [0.4, 0.5) is 0 Å². The lowest BCUT2D eigenvalue weighted by molar-refractivity contribution is -0.128. The number of aromatic nitrogens is 3. The van der Waals surface area contributed by atoms with E-state index in [-0.39, 0.29) is 17.7 Å². The van der Waals surface area contributed by atoms with Crippen LogP contribution in [-0.4, -0.2) is 40.1 Å². The van der Waals surface area contributed by atoms with Gasteiger partial charge in [-0.2, -0.15) is 5.10 Å². The number of aromatic amines is 1. The number of hydrogen-bond donors (Lipinski definition) is 3. The van der Waals surface area contributed by atoms with E-state index in [0.29, 0.717) is 32.4 Å². The van der Waals surface area contributed by atoms with Crippen molar-refractivity contribution in [2.75, 3.05) is 13.1 Å². The van der Waals surface area contributed by atoms with Gasteiger partial charge in [-0.25, -0.2) is 4.98 Å². The van der Waals surface area contributed by atoms with Gasteiger partial charge in [0.1, 0.15) is 12.2 Å². The number of amides is 2. The molecule has 1 aliphatic heterocycles. The predicted octanol–water partition coefficient (Wildman–Crippen LogP) is -1.01. The monoisotopic (exact) mass is 237 g/mol. The summed E-state index contributed by atoms with van der Waals surface area (Å²) in [6.07, 6.45) is 3.12. The lowest BCUT2D eigenvalue weighted by Crippen LogP contribution is -2.43. The second kappa shape index (κ2) is 5.42. The number of nitrogens with one attached hydrogen (secondary N) is 3. The Hall–Kier alpha value is -1.92. The molecule has 7 heteroatoms. The Kier molecular flexibility index (Phi) is 3.69. The van der Waals surface area contributed by atoms with E-state index in [9.17, 15) is 9.59 Å². The Morgan fingerprint density at radius 3 is 3.12 bits per heavy atom. The minimum absolute atomic E-state index is 0.00971. The smallest absolute Gasteiger partial charge is 0.224 e. The maximum atomic E-state index is 11.7. The van der Waals surface area contributed by atoms with Gasteiger partial charge in [-0.1, -0.05) is 0 Å². The lowest BCUT2D eigenvalue weighted by Gasteiger charge is -2.21. The molecule has 92 valence electrons. The Morgan fingerprint density at radius 2 is 2.47 bits per heavy atom. The van der Waals surface area contributed by atoms with E-state index in [1.807, 2.05) is 0 Å². The van der Waals surface area contributed by atoms with Crippen LogP contribution < -0.4 is 10.6 Å². The average molecular weight is 237 g/mol. The van der Waals surface area contributed by atoms with Gasteiger partial charge in [0.05, 0.1) is 5.92 Å². The molecule has 0 saturated carbocycles. The number of nitrogens with zero attached hydrogens (tertiary/aromatic N) is 2. The Morgan fingerprint density at radius 1 is 1.59 bits per heavy atom. The summed E-state index contributed by atoms with van der Waals surface area (Å²) in [6.45, 7) is 0.964. The van der Waals surface area contributed by atoms with Gasteiger partial charge >= 0.3 is 0 Å². The third kappa shape index (κ3) is 3.27. The number of rotatable bonds is 4. The normalized spacial score (nSPS) is 19.8. The lowest BCUT2D eigenvalue weighted by atomic mass is 9.98. The van der Waals surface area contributed by atoms with Gasteiger partial charge in [0.2, 0.25) is 11.8 Å². The van der Waals surface area contributed by atoms with E-state index < -0.39 is 0 Å². The van der Waals surface area contributed by atoms with Gasteiger partial charge < -0.3 is 10.6 Å². The number of H-pyrrole nitrogens is 1. The zero-order valence-corrected chi connectivity index (χ0v) is 9.40. The van der Waals surface area contributed by atoms with Crippen molar-refractivity contribution >= 4 is 11.8 Å². The third-order valence-corrected chi connectivity index (χ3v) is 2.76. The molecule has 2 amide bonds. The molecule has 0 spiro atoms. The van der Waals surface area contributed by atoms with Crippen LogP contribution in [0.3, 0.4) is 0 Å². The zero-order chi connectivity index (χ0) is 12.1. The maximum absolute atomic E-state index is 11.7. The molecular weight excluding hydrogens is 222 g/mol. The highest BCUT2D eigenvalue weighted by Gasteiger charge is 2.23. The van der Waals surface area contributed by atoms with Crippen molar-refractivity contribution in [1.82, 2.24) is 25.8 Å². The van der Waals surface area contributed by atoms with Crippen LogP contribution in [0.1, 0.15) is 18.7 Å². The average Bonchev–Trinajstić information content (AvgIpc) is 2.83.